The van der Waals surface area contributed by atoms with Crippen molar-refractivity contribution < 1.29 is 18.5 Å². The lowest BCUT2D eigenvalue weighted by Gasteiger charge is -2.32. The van der Waals surface area contributed by atoms with Gasteiger partial charge < -0.3 is 13.7 Å². The standard InChI is InChI=1S/C16H20BNO4/c1-10(19)8-14-18-12-9-11(6-7-13(12)20-14)17-21-15(2,3)16(4,5)22-17/h6-7,9H,8H2,1-5H3. The molecule has 1 aliphatic heterocycles. The first kappa shape index (κ1) is 15.2. The summed E-state index contributed by atoms with van der Waals surface area (Å²) in [6, 6.07) is 5.64. The molecule has 1 fully saturated rings. The maximum absolute atomic E-state index is 11.2. The van der Waals surface area contributed by atoms with Crippen LogP contribution in [0.25, 0.3) is 11.1 Å². The number of carbonyl (C=O) groups excluding carboxylic acids is 1. The number of aromatic nitrogens is 1. The zero-order chi connectivity index (χ0) is 16.1. The van der Waals surface area contributed by atoms with E-state index in [2.05, 4.69) is 4.98 Å². The number of Topliss-reactive ketones (excluding diaryl/α,β-unsaturated/α-hetero) is 1. The average molecular weight is 301 g/mol. The van der Waals surface area contributed by atoms with Gasteiger partial charge in [0.1, 0.15) is 11.3 Å². The molecular weight excluding hydrogens is 281 g/mol. The fourth-order valence-electron chi connectivity index (χ4n) is 2.41. The monoisotopic (exact) mass is 301 g/mol. The quantitative estimate of drug-likeness (QED) is 0.814. The van der Waals surface area contributed by atoms with Crippen molar-refractivity contribution in [2.24, 2.45) is 0 Å². The Morgan fingerprint density at radius 1 is 1.18 bits per heavy atom. The van der Waals surface area contributed by atoms with E-state index in [-0.39, 0.29) is 23.4 Å². The molecule has 3 rings (SSSR count). The molecule has 1 aromatic carbocycles. The van der Waals surface area contributed by atoms with Gasteiger partial charge in [0.05, 0.1) is 17.6 Å². The van der Waals surface area contributed by atoms with Gasteiger partial charge in [-0.3, -0.25) is 4.79 Å². The van der Waals surface area contributed by atoms with Crippen molar-refractivity contribution in [3.8, 4) is 0 Å². The molecule has 22 heavy (non-hydrogen) atoms. The Morgan fingerprint density at radius 3 is 2.41 bits per heavy atom. The Hall–Kier alpha value is -1.66. The molecule has 0 aliphatic carbocycles. The van der Waals surface area contributed by atoms with Crippen LogP contribution in [0.2, 0.25) is 0 Å². The molecule has 0 bridgehead atoms. The number of fused-ring (bicyclic) bond motifs is 1. The highest BCUT2D eigenvalue weighted by atomic mass is 16.7. The second kappa shape index (κ2) is 4.93. The number of nitrogens with zero attached hydrogens (tertiary/aromatic N) is 1. The van der Waals surface area contributed by atoms with Gasteiger partial charge in [0.2, 0.25) is 5.89 Å². The number of hydrogen-bond acceptors (Lipinski definition) is 5. The van der Waals surface area contributed by atoms with E-state index in [1.807, 2.05) is 45.9 Å². The van der Waals surface area contributed by atoms with Crippen LogP contribution >= 0.6 is 0 Å². The third kappa shape index (κ3) is 2.57. The summed E-state index contributed by atoms with van der Waals surface area (Å²) in [5, 5.41) is 0. The molecule has 6 heteroatoms. The van der Waals surface area contributed by atoms with Crippen LogP contribution < -0.4 is 5.46 Å². The van der Waals surface area contributed by atoms with Crippen LogP contribution in [0.3, 0.4) is 0 Å². The summed E-state index contributed by atoms with van der Waals surface area (Å²) in [5.41, 5.74) is 1.51. The van der Waals surface area contributed by atoms with E-state index in [1.165, 1.54) is 6.92 Å². The zero-order valence-electron chi connectivity index (χ0n) is 13.6. The molecule has 0 radical (unpaired) electrons. The SMILES string of the molecule is CC(=O)Cc1nc2cc(B3OC(C)(C)C(C)(C)O3)ccc2o1. The van der Waals surface area contributed by atoms with E-state index in [0.717, 1.165) is 5.46 Å². The maximum atomic E-state index is 11.2. The van der Waals surface area contributed by atoms with Crippen LogP contribution in [0, 0.1) is 0 Å². The Bertz CT molecular complexity index is 719. The predicted octanol–water partition coefficient (Wildman–Crippen LogP) is 2.26. The molecule has 0 atom stereocenters. The lowest BCUT2D eigenvalue weighted by Crippen LogP contribution is -2.41. The van der Waals surface area contributed by atoms with Crippen LogP contribution in [0.4, 0.5) is 0 Å². The summed E-state index contributed by atoms with van der Waals surface area (Å²) in [6.45, 7) is 9.60. The highest BCUT2D eigenvalue weighted by Crippen LogP contribution is 2.36. The molecule has 0 amide bonds. The maximum Gasteiger partial charge on any atom is 0.494 e. The minimum atomic E-state index is -0.428. The smallest absolute Gasteiger partial charge is 0.440 e. The van der Waals surface area contributed by atoms with Gasteiger partial charge in [-0.2, -0.15) is 0 Å². The highest BCUT2D eigenvalue weighted by Gasteiger charge is 2.51. The van der Waals surface area contributed by atoms with Crippen LogP contribution in [0.1, 0.15) is 40.5 Å². The molecule has 1 saturated heterocycles. The summed E-state index contributed by atoms with van der Waals surface area (Å²) >= 11 is 0. The van der Waals surface area contributed by atoms with Crippen LogP contribution in [-0.2, 0) is 20.5 Å². The van der Waals surface area contributed by atoms with Crippen molar-refractivity contribution >= 4 is 29.5 Å². The Morgan fingerprint density at radius 2 is 1.82 bits per heavy atom. The first-order valence-electron chi connectivity index (χ1n) is 7.42. The van der Waals surface area contributed by atoms with E-state index < -0.39 is 7.12 Å². The van der Waals surface area contributed by atoms with E-state index in [4.69, 9.17) is 13.7 Å². The van der Waals surface area contributed by atoms with Gasteiger partial charge in [0, 0.05) is 0 Å². The Kier molecular flexibility index (Phi) is 3.42. The van der Waals surface area contributed by atoms with Crippen LogP contribution in [0.5, 0.6) is 0 Å². The summed E-state index contributed by atoms with van der Waals surface area (Å²) in [5.74, 6) is 0.464. The molecule has 2 aromatic rings. The number of ketones is 1. The number of benzene rings is 1. The Labute approximate surface area is 130 Å². The fraction of sp³-hybridized carbons (Fsp3) is 0.500. The minimum Gasteiger partial charge on any atom is -0.440 e. The zero-order valence-corrected chi connectivity index (χ0v) is 13.6. The topological polar surface area (TPSA) is 61.6 Å². The second-order valence-electron chi connectivity index (χ2n) is 6.80. The normalized spacial score (nSPS) is 19.8. The van der Waals surface area contributed by atoms with Gasteiger partial charge in [-0.1, -0.05) is 6.07 Å². The number of rotatable bonds is 3. The van der Waals surface area contributed by atoms with Crippen molar-refractivity contribution in [1.29, 1.82) is 0 Å². The minimum absolute atomic E-state index is 0.0257. The Balaban J connectivity index is 1.91. The first-order valence-corrected chi connectivity index (χ1v) is 7.42. The number of carbonyl (C=O) groups is 1. The van der Waals surface area contributed by atoms with Crippen molar-refractivity contribution in [3.63, 3.8) is 0 Å². The highest BCUT2D eigenvalue weighted by molar-refractivity contribution is 6.62. The third-order valence-electron chi connectivity index (χ3n) is 4.38. The molecule has 0 unspecified atom stereocenters. The van der Waals surface area contributed by atoms with Gasteiger partial charge >= 0.3 is 7.12 Å². The molecule has 2 heterocycles. The summed E-state index contributed by atoms with van der Waals surface area (Å²) in [4.78, 5) is 15.5. The molecule has 1 aliphatic rings. The number of oxazole rings is 1. The van der Waals surface area contributed by atoms with Gasteiger partial charge in [-0.15, -0.1) is 0 Å². The van der Waals surface area contributed by atoms with Crippen molar-refractivity contribution in [3.05, 3.63) is 24.1 Å². The first-order chi connectivity index (χ1) is 10.2. The van der Waals surface area contributed by atoms with E-state index in [0.29, 0.717) is 17.0 Å². The van der Waals surface area contributed by atoms with Crippen molar-refractivity contribution in [2.75, 3.05) is 0 Å². The predicted molar refractivity (Wildman–Crippen MR) is 84.1 cm³/mol. The summed E-state index contributed by atoms with van der Waals surface area (Å²) in [6.07, 6.45) is 0.209. The fourth-order valence-corrected chi connectivity index (χ4v) is 2.41. The summed E-state index contributed by atoms with van der Waals surface area (Å²) in [7, 11) is -0.428. The lowest BCUT2D eigenvalue weighted by atomic mass is 9.79. The molecule has 0 spiro atoms. The van der Waals surface area contributed by atoms with Gasteiger partial charge in [0.15, 0.2) is 5.58 Å². The van der Waals surface area contributed by atoms with E-state index in [1.54, 1.807) is 0 Å². The van der Waals surface area contributed by atoms with E-state index in [9.17, 15) is 4.79 Å². The van der Waals surface area contributed by atoms with Crippen molar-refractivity contribution in [1.82, 2.24) is 4.98 Å². The lowest BCUT2D eigenvalue weighted by molar-refractivity contribution is -0.116. The van der Waals surface area contributed by atoms with Crippen molar-refractivity contribution in [2.45, 2.75) is 52.2 Å². The second-order valence-corrected chi connectivity index (χ2v) is 6.80. The number of hydrogen-bond donors (Lipinski definition) is 0. The molecule has 0 N–H and O–H groups in total. The van der Waals surface area contributed by atoms with Crippen LogP contribution in [0.15, 0.2) is 22.6 Å². The van der Waals surface area contributed by atoms with Crippen LogP contribution in [-0.4, -0.2) is 29.1 Å². The summed E-state index contributed by atoms with van der Waals surface area (Å²) < 4.78 is 17.6. The average Bonchev–Trinajstić information content (AvgIpc) is 2.85. The van der Waals surface area contributed by atoms with Gasteiger partial charge in [0.25, 0.3) is 0 Å². The molecule has 5 nitrogen and oxygen atoms in total. The van der Waals surface area contributed by atoms with Gasteiger partial charge in [-0.05, 0) is 52.2 Å². The third-order valence-corrected chi connectivity index (χ3v) is 4.38. The molecule has 0 saturated carbocycles. The molecule has 116 valence electrons. The molecule has 1 aromatic heterocycles. The molecular formula is C16H20BNO4. The largest absolute Gasteiger partial charge is 0.494 e. The van der Waals surface area contributed by atoms with Gasteiger partial charge in [-0.25, -0.2) is 4.98 Å². The van der Waals surface area contributed by atoms with E-state index >= 15 is 0 Å².